The molecule has 7 nitrogen and oxygen atoms in total. The third-order valence-corrected chi connectivity index (χ3v) is 7.09. The highest BCUT2D eigenvalue weighted by molar-refractivity contribution is 7.89. The highest BCUT2D eigenvalue weighted by atomic mass is 32.2. The molecule has 1 unspecified atom stereocenters. The van der Waals surface area contributed by atoms with Gasteiger partial charge in [0.2, 0.25) is 10.0 Å². The first-order valence-corrected chi connectivity index (χ1v) is 10.7. The summed E-state index contributed by atoms with van der Waals surface area (Å²) in [6, 6.07) is 8.26. The van der Waals surface area contributed by atoms with Gasteiger partial charge in [0.25, 0.3) is 0 Å². The number of nitrogens with one attached hydrogen (secondary N) is 1. The van der Waals surface area contributed by atoms with Crippen LogP contribution in [-0.4, -0.2) is 76.2 Å². The Labute approximate surface area is 156 Å². The van der Waals surface area contributed by atoms with Gasteiger partial charge in [-0.05, 0) is 30.5 Å². The Morgan fingerprint density at radius 1 is 1.31 bits per heavy atom. The van der Waals surface area contributed by atoms with Gasteiger partial charge in [-0.2, -0.15) is 0 Å². The molecule has 0 bridgehead atoms. The van der Waals surface area contributed by atoms with E-state index in [1.165, 1.54) is 5.56 Å². The third-order valence-electron chi connectivity index (χ3n) is 5.13. The molecule has 2 aliphatic heterocycles. The summed E-state index contributed by atoms with van der Waals surface area (Å²) in [5.41, 5.74) is 1.31. The molecule has 3 rings (SSSR count). The quantitative estimate of drug-likeness (QED) is 0.612. The molecule has 0 amide bonds. The SMILES string of the molecule is CN=C(NCCN1CCCS1(=O)=O)N1CCC(c2ccc(OC)cc2)C1. The van der Waals surface area contributed by atoms with E-state index in [-0.39, 0.29) is 5.75 Å². The van der Waals surface area contributed by atoms with Crippen LogP contribution in [0, 0.1) is 0 Å². The van der Waals surface area contributed by atoms with Crippen LogP contribution in [0.4, 0.5) is 0 Å². The lowest BCUT2D eigenvalue weighted by atomic mass is 9.98. The molecule has 1 atom stereocenters. The summed E-state index contributed by atoms with van der Waals surface area (Å²) in [7, 11) is 0.418. The van der Waals surface area contributed by atoms with Crippen molar-refractivity contribution < 1.29 is 13.2 Å². The number of hydrogen-bond donors (Lipinski definition) is 1. The van der Waals surface area contributed by atoms with E-state index in [0.717, 1.165) is 37.6 Å². The number of rotatable bonds is 5. The van der Waals surface area contributed by atoms with Crippen molar-refractivity contribution in [3.05, 3.63) is 29.8 Å². The molecule has 2 saturated heterocycles. The number of likely N-dealkylation sites (tertiary alicyclic amines) is 1. The lowest BCUT2D eigenvalue weighted by Crippen LogP contribution is -2.43. The lowest BCUT2D eigenvalue weighted by molar-refractivity contribution is 0.414. The molecule has 26 heavy (non-hydrogen) atoms. The highest BCUT2D eigenvalue weighted by Gasteiger charge is 2.29. The predicted octanol–water partition coefficient (Wildman–Crippen LogP) is 1.10. The van der Waals surface area contributed by atoms with Crippen LogP contribution in [0.25, 0.3) is 0 Å². The molecule has 2 fully saturated rings. The Bertz CT molecular complexity index is 733. The summed E-state index contributed by atoms with van der Waals surface area (Å²) in [6.07, 6.45) is 1.81. The highest BCUT2D eigenvalue weighted by Crippen LogP contribution is 2.28. The molecular weight excluding hydrogens is 352 g/mol. The van der Waals surface area contributed by atoms with E-state index in [2.05, 4.69) is 27.3 Å². The molecule has 0 aliphatic carbocycles. The minimum Gasteiger partial charge on any atom is -0.497 e. The van der Waals surface area contributed by atoms with Crippen molar-refractivity contribution in [2.75, 3.05) is 52.6 Å². The van der Waals surface area contributed by atoms with Crippen molar-refractivity contribution in [3.63, 3.8) is 0 Å². The zero-order valence-electron chi connectivity index (χ0n) is 15.5. The average Bonchev–Trinajstić information content (AvgIpc) is 3.25. The van der Waals surface area contributed by atoms with Crippen molar-refractivity contribution in [1.82, 2.24) is 14.5 Å². The largest absolute Gasteiger partial charge is 0.497 e. The maximum absolute atomic E-state index is 11.9. The molecule has 1 aromatic carbocycles. The van der Waals surface area contributed by atoms with Crippen LogP contribution in [0.3, 0.4) is 0 Å². The second kappa shape index (κ2) is 8.26. The number of methoxy groups -OCH3 is 1. The van der Waals surface area contributed by atoms with E-state index in [4.69, 9.17) is 4.74 Å². The van der Waals surface area contributed by atoms with Crippen LogP contribution >= 0.6 is 0 Å². The van der Waals surface area contributed by atoms with Gasteiger partial charge in [0.05, 0.1) is 12.9 Å². The monoisotopic (exact) mass is 380 g/mol. The van der Waals surface area contributed by atoms with Gasteiger partial charge in [0.1, 0.15) is 5.75 Å². The molecule has 1 aromatic rings. The molecule has 0 saturated carbocycles. The van der Waals surface area contributed by atoms with Crippen LogP contribution in [0.2, 0.25) is 0 Å². The standard InChI is InChI=1S/C18H28N4O3S/c1-19-18(20-9-12-22-10-3-13-26(22,23)24)21-11-8-16(14-21)15-4-6-17(25-2)7-5-15/h4-7,16H,3,8-14H2,1-2H3,(H,19,20). The summed E-state index contributed by atoms with van der Waals surface area (Å²) >= 11 is 0. The van der Waals surface area contributed by atoms with Crippen LogP contribution in [0.1, 0.15) is 24.3 Å². The molecule has 8 heteroatoms. The van der Waals surface area contributed by atoms with E-state index in [9.17, 15) is 8.42 Å². The van der Waals surface area contributed by atoms with Gasteiger partial charge < -0.3 is 15.0 Å². The molecule has 2 heterocycles. The van der Waals surface area contributed by atoms with Crippen LogP contribution in [-0.2, 0) is 10.0 Å². The van der Waals surface area contributed by atoms with Gasteiger partial charge in [-0.1, -0.05) is 12.1 Å². The Morgan fingerprint density at radius 2 is 2.08 bits per heavy atom. The predicted molar refractivity (Wildman–Crippen MR) is 103 cm³/mol. The minimum atomic E-state index is -3.03. The van der Waals surface area contributed by atoms with E-state index in [0.29, 0.717) is 25.6 Å². The summed E-state index contributed by atoms with van der Waals surface area (Å²) in [5.74, 6) is 2.46. The van der Waals surface area contributed by atoms with Gasteiger partial charge in [-0.25, -0.2) is 12.7 Å². The first kappa shape index (κ1) is 19.0. The molecule has 0 aromatic heterocycles. The lowest BCUT2D eigenvalue weighted by Gasteiger charge is -2.23. The van der Waals surface area contributed by atoms with Gasteiger partial charge in [-0.15, -0.1) is 0 Å². The smallest absolute Gasteiger partial charge is 0.214 e. The maximum Gasteiger partial charge on any atom is 0.214 e. The van der Waals surface area contributed by atoms with Gasteiger partial charge >= 0.3 is 0 Å². The summed E-state index contributed by atoms with van der Waals surface area (Å²) in [5, 5.41) is 3.32. The number of hydrogen-bond acceptors (Lipinski definition) is 4. The number of guanidine groups is 1. The normalized spacial score (nSPS) is 23.4. The fraction of sp³-hybridized carbons (Fsp3) is 0.611. The van der Waals surface area contributed by atoms with Gasteiger partial charge in [0, 0.05) is 45.7 Å². The third kappa shape index (κ3) is 4.29. The van der Waals surface area contributed by atoms with Crippen molar-refractivity contribution in [2.24, 2.45) is 4.99 Å². The Hall–Kier alpha value is -1.80. The minimum absolute atomic E-state index is 0.275. The topological polar surface area (TPSA) is 74.2 Å². The second-order valence-electron chi connectivity index (χ2n) is 6.75. The molecule has 0 spiro atoms. The van der Waals surface area contributed by atoms with E-state index in [1.54, 1.807) is 18.5 Å². The number of ether oxygens (including phenoxy) is 1. The summed E-state index contributed by atoms with van der Waals surface area (Å²) < 4.78 is 30.5. The molecule has 144 valence electrons. The number of nitrogens with zero attached hydrogens (tertiary/aromatic N) is 3. The Balaban J connectivity index is 1.51. The van der Waals surface area contributed by atoms with Crippen molar-refractivity contribution in [3.8, 4) is 5.75 Å². The summed E-state index contributed by atoms with van der Waals surface area (Å²) in [6.45, 7) is 3.56. The molecule has 1 N–H and O–H groups in total. The molecule has 0 radical (unpaired) electrons. The molecule has 2 aliphatic rings. The number of benzene rings is 1. The zero-order chi connectivity index (χ0) is 18.6. The van der Waals surface area contributed by atoms with Gasteiger partial charge in [-0.3, -0.25) is 4.99 Å². The fourth-order valence-electron chi connectivity index (χ4n) is 3.67. The van der Waals surface area contributed by atoms with Crippen LogP contribution in [0.15, 0.2) is 29.3 Å². The number of aliphatic imine (C=N–C) groups is 1. The van der Waals surface area contributed by atoms with Crippen molar-refractivity contribution >= 4 is 16.0 Å². The average molecular weight is 381 g/mol. The Kier molecular flexibility index (Phi) is 6.03. The fourth-order valence-corrected chi connectivity index (χ4v) is 5.20. The summed E-state index contributed by atoms with van der Waals surface area (Å²) in [4.78, 5) is 6.61. The van der Waals surface area contributed by atoms with E-state index >= 15 is 0 Å². The second-order valence-corrected chi connectivity index (χ2v) is 8.84. The van der Waals surface area contributed by atoms with Crippen LogP contribution < -0.4 is 10.1 Å². The number of sulfonamides is 1. The van der Waals surface area contributed by atoms with Crippen molar-refractivity contribution in [2.45, 2.75) is 18.8 Å². The van der Waals surface area contributed by atoms with Crippen LogP contribution in [0.5, 0.6) is 5.75 Å². The first-order chi connectivity index (χ1) is 12.5. The zero-order valence-corrected chi connectivity index (χ0v) is 16.3. The van der Waals surface area contributed by atoms with Crippen molar-refractivity contribution in [1.29, 1.82) is 0 Å². The maximum atomic E-state index is 11.9. The first-order valence-electron chi connectivity index (χ1n) is 9.11. The molecular formula is C18H28N4O3S. The van der Waals surface area contributed by atoms with Gasteiger partial charge in [0.15, 0.2) is 5.96 Å². The Morgan fingerprint density at radius 3 is 2.69 bits per heavy atom. The van der Waals surface area contributed by atoms with E-state index < -0.39 is 10.0 Å². The van der Waals surface area contributed by atoms with E-state index in [1.807, 2.05) is 12.1 Å².